The summed E-state index contributed by atoms with van der Waals surface area (Å²) >= 11 is 1.66. The number of carbonyl (C=O) groups excluding carboxylic acids is 2. The number of aryl methyl sites for hydroxylation is 1. The van der Waals surface area contributed by atoms with Crippen molar-refractivity contribution in [3.05, 3.63) is 102 Å². The predicted octanol–water partition coefficient (Wildman–Crippen LogP) is 4.86. The first kappa shape index (κ1) is 23.6. The second-order valence-corrected chi connectivity index (χ2v) is 8.91. The van der Waals surface area contributed by atoms with E-state index in [1.54, 1.807) is 23.7 Å². The minimum Gasteiger partial charge on any atom is -0.357 e. The van der Waals surface area contributed by atoms with Gasteiger partial charge in [0.25, 0.3) is 0 Å². The summed E-state index contributed by atoms with van der Waals surface area (Å²) in [5.41, 5.74) is 3.19. The van der Waals surface area contributed by atoms with Gasteiger partial charge in [-0.2, -0.15) is 0 Å². The quantitative estimate of drug-likeness (QED) is 0.452. The van der Waals surface area contributed by atoms with Crippen LogP contribution in [0.15, 0.2) is 89.8 Å². The summed E-state index contributed by atoms with van der Waals surface area (Å²) in [5, 5.41) is 2.76. The van der Waals surface area contributed by atoms with Crippen molar-refractivity contribution in [3.8, 4) is 0 Å². The molecular formula is C27H30N2O2S. The van der Waals surface area contributed by atoms with Crippen LogP contribution in [0.4, 0.5) is 0 Å². The van der Waals surface area contributed by atoms with E-state index in [-0.39, 0.29) is 11.8 Å². The molecule has 0 saturated heterocycles. The van der Waals surface area contributed by atoms with Crippen LogP contribution in [0.2, 0.25) is 0 Å². The molecule has 0 bridgehead atoms. The third-order valence-electron chi connectivity index (χ3n) is 5.28. The second-order valence-electron chi connectivity index (χ2n) is 7.74. The van der Waals surface area contributed by atoms with Crippen LogP contribution >= 0.6 is 11.8 Å². The highest BCUT2D eigenvalue weighted by molar-refractivity contribution is 7.99. The number of thioether (sulfide) groups is 1. The lowest BCUT2D eigenvalue weighted by atomic mass is 10.0. The van der Waals surface area contributed by atoms with Gasteiger partial charge in [0.15, 0.2) is 0 Å². The number of likely N-dealkylation sites (N-methyl/N-ethyl adjacent to an activating group) is 1. The summed E-state index contributed by atoms with van der Waals surface area (Å²) in [6.07, 6.45) is 0.845. The number of amides is 2. The first-order valence-electron chi connectivity index (χ1n) is 10.8. The van der Waals surface area contributed by atoms with E-state index >= 15 is 0 Å². The fourth-order valence-corrected chi connectivity index (χ4v) is 4.51. The molecule has 3 rings (SSSR count). The van der Waals surface area contributed by atoms with Crippen molar-refractivity contribution in [1.29, 1.82) is 0 Å². The normalized spacial score (nSPS) is 11.6. The summed E-state index contributed by atoms with van der Waals surface area (Å²) < 4.78 is 0. The van der Waals surface area contributed by atoms with Gasteiger partial charge in [0.2, 0.25) is 11.8 Å². The van der Waals surface area contributed by atoms with Gasteiger partial charge in [-0.3, -0.25) is 9.59 Å². The average Bonchev–Trinajstić information content (AvgIpc) is 2.82. The zero-order valence-electron chi connectivity index (χ0n) is 18.7. The summed E-state index contributed by atoms with van der Waals surface area (Å²) in [7, 11) is 1.63. The van der Waals surface area contributed by atoms with E-state index in [2.05, 4.69) is 11.4 Å². The molecule has 5 heteroatoms. The highest BCUT2D eigenvalue weighted by Gasteiger charge is 2.29. The lowest BCUT2D eigenvalue weighted by Crippen LogP contribution is -2.49. The van der Waals surface area contributed by atoms with Crippen LogP contribution in [-0.4, -0.2) is 35.6 Å². The molecule has 1 atom stereocenters. The van der Waals surface area contributed by atoms with Crippen molar-refractivity contribution in [3.63, 3.8) is 0 Å². The molecule has 0 fully saturated rings. The molecule has 0 aliphatic rings. The molecule has 0 aliphatic carbocycles. The van der Waals surface area contributed by atoms with Crippen molar-refractivity contribution in [1.82, 2.24) is 10.2 Å². The molecule has 4 nitrogen and oxygen atoms in total. The highest BCUT2D eigenvalue weighted by Crippen LogP contribution is 2.21. The number of nitrogens with one attached hydrogen (secondary N) is 1. The lowest BCUT2D eigenvalue weighted by Gasteiger charge is -2.31. The Morgan fingerprint density at radius 1 is 0.906 bits per heavy atom. The number of hydrogen-bond donors (Lipinski definition) is 1. The van der Waals surface area contributed by atoms with Crippen LogP contribution in [0, 0.1) is 6.92 Å². The van der Waals surface area contributed by atoms with Gasteiger partial charge < -0.3 is 10.2 Å². The van der Waals surface area contributed by atoms with Crippen LogP contribution in [0.5, 0.6) is 0 Å². The zero-order chi connectivity index (χ0) is 22.8. The minimum absolute atomic E-state index is 0.0144. The van der Waals surface area contributed by atoms with Crippen molar-refractivity contribution < 1.29 is 9.59 Å². The summed E-state index contributed by atoms with van der Waals surface area (Å²) in [6, 6.07) is 27.5. The van der Waals surface area contributed by atoms with Crippen molar-refractivity contribution in [2.45, 2.75) is 37.2 Å². The maximum atomic E-state index is 13.4. The smallest absolute Gasteiger partial charge is 0.242 e. The fourth-order valence-electron chi connectivity index (χ4n) is 3.64. The number of benzene rings is 3. The molecule has 0 aromatic heterocycles. The molecule has 0 unspecified atom stereocenters. The van der Waals surface area contributed by atoms with Crippen molar-refractivity contribution >= 4 is 23.6 Å². The van der Waals surface area contributed by atoms with Crippen LogP contribution < -0.4 is 5.32 Å². The van der Waals surface area contributed by atoms with Gasteiger partial charge in [0.1, 0.15) is 6.04 Å². The Morgan fingerprint density at radius 2 is 1.56 bits per heavy atom. The van der Waals surface area contributed by atoms with Gasteiger partial charge in [-0.1, -0.05) is 78.4 Å². The molecule has 0 spiro atoms. The maximum absolute atomic E-state index is 13.4. The van der Waals surface area contributed by atoms with Gasteiger partial charge >= 0.3 is 0 Å². The Kier molecular flexibility index (Phi) is 8.93. The van der Waals surface area contributed by atoms with Gasteiger partial charge in [0.05, 0.1) is 0 Å². The van der Waals surface area contributed by atoms with Crippen LogP contribution in [-0.2, 0) is 22.6 Å². The van der Waals surface area contributed by atoms with E-state index in [0.717, 1.165) is 21.6 Å². The van der Waals surface area contributed by atoms with E-state index in [1.807, 2.05) is 85.8 Å². The van der Waals surface area contributed by atoms with Crippen LogP contribution in [0.25, 0.3) is 0 Å². The Bertz CT molecular complexity index is 1010. The summed E-state index contributed by atoms with van der Waals surface area (Å²) in [5.74, 6) is 0.504. The predicted molar refractivity (Wildman–Crippen MR) is 132 cm³/mol. The number of nitrogens with zero attached hydrogens (tertiary/aromatic N) is 1. The first-order chi connectivity index (χ1) is 15.6. The van der Waals surface area contributed by atoms with Gasteiger partial charge in [-0.05, 0) is 30.2 Å². The molecule has 32 heavy (non-hydrogen) atoms. The lowest BCUT2D eigenvalue weighted by molar-refractivity contribution is -0.140. The van der Waals surface area contributed by atoms with Crippen molar-refractivity contribution in [2.24, 2.45) is 0 Å². The van der Waals surface area contributed by atoms with E-state index in [4.69, 9.17) is 0 Å². The third kappa shape index (κ3) is 6.99. The van der Waals surface area contributed by atoms with E-state index < -0.39 is 6.04 Å². The Morgan fingerprint density at radius 3 is 2.22 bits per heavy atom. The topological polar surface area (TPSA) is 49.4 Å². The molecule has 3 aromatic carbocycles. The standard InChI is InChI=1S/C27H30N2O2S/c1-21-10-9-13-23(18-21)20-29(26(30)16-17-32-24-14-7-4-8-15-24)25(27(31)28-2)19-22-11-5-3-6-12-22/h3-15,18,25H,16-17,19-20H2,1-2H3,(H,28,31)/t25-/m1/s1. The molecular weight excluding hydrogens is 416 g/mol. The summed E-state index contributed by atoms with van der Waals surface area (Å²) in [6.45, 7) is 2.44. The second kappa shape index (κ2) is 12.1. The van der Waals surface area contributed by atoms with Crippen molar-refractivity contribution in [2.75, 3.05) is 12.8 Å². The van der Waals surface area contributed by atoms with Crippen LogP contribution in [0.1, 0.15) is 23.1 Å². The molecule has 0 aliphatic heterocycles. The largest absolute Gasteiger partial charge is 0.357 e. The molecule has 0 saturated carbocycles. The number of carbonyl (C=O) groups is 2. The third-order valence-corrected chi connectivity index (χ3v) is 6.29. The van der Waals surface area contributed by atoms with E-state index in [0.29, 0.717) is 25.1 Å². The Balaban J connectivity index is 1.81. The zero-order valence-corrected chi connectivity index (χ0v) is 19.5. The van der Waals surface area contributed by atoms with E-state index in [1.165, 1.54) is 0 Å². The molecule has 3 aromatic rings. The van der Waals surface area contributed by atoms with Gasteiger partial charge in [0, 0.05) is 37.1 Å². The minimum atomic E-state index is -0.572. The monoisotopic (exact) mass is 446 g/mol. The van der Waals surface area contributed by atoms with Gasteiger partial charge in [-0.15, -0.1) is 11.8 Å². The van der Waals surface area contributed by atoms with Crippen LogP contribution in [0.3, 0.4) is 0 Å². The maximum Gasteiger partial charge on any atom is 0.242 e. The fraction of sp³-hybridized carbons (Fsp3) is 0.259. The van der Waals surface area contributed by atoms with Gasteiger partial charge in [-0.25, -0.2) is 0 Å². The molecule has 2 amide bonds. The number of rotatable bonds is 10. The highest BCUT2D eigenvalue weighted by atomic mass is 32.2. The molecule has 1 N–H and O–H groups in total. The molecule has 166 valence electrons. The van der Waals surface area contributed by atoms with E-state index in [9.17, 15) is 9.59 Å². The average molecular weight is 447 g/mol. The number of hydrogen-bond acceptors (Lipinski definition) is 3. The Hall–Kier alpha value is -3.05. The summed E-state index contributed by atoms with van der Waals surface area (Å²) in [4.78, 5) is 29.2. The first-order valence-corrected chi connectivity index (χ1v) is 11.8. The SMILES string of the molecule is CNC(=O)[C@@H](Cc1ccccc1)N(Cc1cccc(C)c1)C(=O)CCSc1ccccc1. The molecule has 0 heterocycles. The molecule has 0 radical (unpaired) electrons. The Labute approximate surface area is 195 Å².